The molecule has 0 aliphatic heterocycles. The molecule has 0 spiro atoms. The van der Waals surface area contributed by atoms with Crippen LogP contribution in [-0.2, 0) is 32.7 Å². The number of allylic oxidation sites excluding steroid dienone is 4. The van der Waals surface area contributed by atoms with E-state index in [4.69, 9.17) is 18.5 Å². The lowest BCUT2D eigenvalue weighted by Crippen LogP contribution is -2.37. The van der Waals surface area contributed by atoms with Gasteiger partial charge in [-0.05, 0) is 64.2 Å². The lowest BCUT2D eigenvalue weighted by atomic mass is 10.0. The molecule has 0 amide bonds. The number of hydrogen-bond acceptors (Lipinski definition) is 8. The van der Waals surface area contributed by atoms with E-state index >= 15 is 0 Å². The van der Waals surface area contributed by atoms with Crippen LogP contribution in [0.2, 0.25) is 0 Å². The van der Waals surface area contributed by atoms with Crippen LogP contribution in [0.5, 0.6) is 0 Å². The minimum atomic E-state index is -4.63. The molecule has 396 valence electrons. The second-order valence-electron chi connectivity index (χ2n) is 20.6. The van der Waals surface area contributed by atoms with Crippen LogP contribution in [0.3, 0.4) is 0 Å². The molecule has 0 aromatic rings. The number of esters is 2. The molecular weight excluding hydrogens is 858 g/mol. The first-order valence-corrected chi connectivity index (χ1v) is 30.0. The molecule has 0 N–H and O–H groups in total. The highest BCUT2D eigenvalue weighted by atomic mass is 31.2. The summed E-state index contributed by atoms with van der Waals surface area (Å²) >= 11 is 0. The van der Waals surface area contributed by atoms with Crippen LogP contribution < -0.4 is 4.89 Å². The predicted molar refractivity (Wildman–Crippen MR) is 282 cm³/mol. The Hall–Kier alpha value is -1.51. The summed E-state index contributed by atoms with van der Waals surface area (Å²) in [6.07, 6.45) is 58.1. The number of nitrogens with zero attached hydrogens (tertiary/aromatic N) is 1. The number of phosphoric ester groups is 1. The van der Waals surface area contributed by atoms with Crippen LogP contribution in [0.25, 0.3) is 0 Å². The molecule has 0 saturated heterocycles. The molecule has 0 fully saturated rings. The fourth-order valence-corrected chi connectivity index (χ4v) is 8.96. The summed E-state index contributed by atoms with van der Waals surface area (Å²) in [5, 5.41) is 0. The van der Waals surface area contributed by atoms with Gasteiger partial charge in [0, 0.05) is 12.8 Å². The van der Waals surface area contributed by atoms with Crippen LogP contribution in [-0.4, -0.2) is 70.0 Å². The van der Waals surface area contributed by atoms with Crippen molar-refractivity contribution in [3.63, 3.8) is 0 Å². The number of phosphoric acid groups is 1. The molecule has 0 bridgehead atoms. The van der Waals surface area contributed by atoms with Gasteiger partial charge >= 0.3 is 11.9 Å². The molecular formula is C57H110NO8P. The number of carbonyl (C=O) groups is 2. The minimum Gasteiger partial charge on any atom is -0.756 e. The van der Waals surface area contributed by atoms with E-state index in [0.29, 0.717) is 17.4 Å². The van der Waals surface area contributed by atoms with Crippen molar-refractivity contribution in [3.8, 4) is 0 Å². The molecule has 10 heteroatoms. The standard InChI is InChI=1S/C57H110NO8P/c1-6-8-10-12-14-16-18-20-21-22-23-24-25-26-27-28-29-30-31-32-33-34-35-36-37-38-40-42-44-46-48-50-57(60)66-55(54-65-67(61,62)64-52-51-58(3,4)5)53-63-56(59)49-47-45-43-41-39-19-17-15-13-11-9-7-2/h15,17,22-23,55H,6-14,16,18-21,24-54H2,1-5H3/b17-15-,23-22-. The van der Waals surface area contributed by atoms with Gasteiger partial charge in [0.15, 0.2) is 6.10 Å². The summed E-state index contributed by atoms with van der Waals surface area (Å²) in [5.41, 5.74) is 0. The van der Waals surface area contributed by atoms with Gasteiger partial charge in [0.2, 0.25) is 0 Å². The highest BCUT2D eigenvalue weighted by Gasteiger charge is 2.22. The van der Waals surface area contributed by atoms with Crippen molar-refractivity contribution in [3.05, 3.63) is 24.3 Å². The molecule has 67 heavy (non-hydrogen) atoms. The lowest BCUT2D eigenvalue weighted by molar-refractivity contribution is -0.870. The predicted octanol–water partition coefficient (Wildman–Crippen LogP) is 16.8. The second-order valence-corrected chi connectivity index (χ2v) is 22.1. The van der Waals surface area contributed by atoms with Gasteiger partial charge in [0.05, 0.1) is 27.7 Å². The van der Waals surface area contributed by atoms with Crippen molar-refractivity contribution in [1.29, 1.82) is 0 Å². The van der Waals surface area contributed by atoms with Crippen molar-refractivity contribution in [2.75, 3.05) is 47.5 Å². The number of unbranched alkanes of at least 4 members (excludes halogenated alkanes) is 35. The highest BCUT2D eigenvalue weighted by molar-refractivity contribution is 7.45. The summed E-state index contributed by atoms with van der Waals surface area (Å²) in [5.74, 6) is -0.832. The van der Waals surface area contributed by atoms with Crippen molar-refractivity contribution < 1.29 is 42.1 Å². The van der Waals surface area contributed by atoms with Crippen LogP contribution in [0.4, 0.5) is 0 Å². The normalized spacial score (nSPS) is 13.5. The SMILES string of the molecule is CCCCC/C=C\CCCCCCCC(=O)OCC(COP(=O)([O-])OCC[N+](C)(C)C)OC(=O)CCCCCCCCCCCCCCCCCCCCC/C=C\CCCCCCCCCC. The van der Waals surface area contributed by atoms with Gasteiger partial charge in [-0.1, -0.05) is 224 Å². The third-order valence-electron chi connectivity index (χ3n) is 12.7. The van der Waals surface area contributed by atoms with Gasteiger partial charge in [-0.2, -0.15) is 0 Å². The van der Waals surface area contributed by atoms with E-state index in [9.17, 15) is 19.0 Å². The number of quaternary nitrogens is 1. The van der Waals surface area contributed by atoms with E-state index in [2.05, 4.69) is 38.2 Å². The van der Waals surface area contributed by atoms with E-state index in [1.165, 1.54) is 193 Å². The van der Waals surface area contributed by atoms with Gasteiger partial charge in [-0.3, -0.25) is 14.2 Å². The molecule has 0 aromatic heterocycles. The molecule has 0 saturated carbocycles. The second kappa shape index (κ2) is 49.5. The molecule has 2 atom stereocenters. The van der Waals surface area contributed by atoms with E-state index < -0.39 is 26.5 Å². The quantitative estimate of drug-likeness (QED) is 0.0195. The summed E-state index contributed by atoms with van der Waals surface area (Å²) in [4.78, 5) is 37.7. The molecule has 0 radical (unpaired) electrons. The number of hydrogen-bond donors (Lipinski definition) is 0. The largest absolute Gasteiger partial charge is 0.756 e. The zero-order chi connectivity index (χ0) is 49.2. The zero-order valence-corrected chi connectivity index (χ0v) is 45.8. The summed E-state index contributed by atoms with van der Waals surface area (Å²) in [6, 6.07) is 0. The van der Waals surface area contributed by atoms with Crippen molar-refractivity contribution in [1.82, 2.24) is 0 Å². The molecule has 0 aliphatic rings. The molecule has 2 unspecified atom stereocenters. The Morgan fingerprint density at radius 2 is 0.761 bits per heavy atom. The average Bonchev–Trinajstić information content (AvgIpc) is 3.29. The average molecular weight is 968 g/mol. The highest BCUT2D eigenvalue weighted by Crippen LogP contribution is 2.38. The summed E-state index contributed by atoms with van der Waals surface area (Å²) < 4.78 is 34.1. The number of likely N-dealkylation sites (N-methyl/N-ethyl adjacent to an activating group) is 1. The molecule has 0 rings (SSSR count). The Kier molecular flexibility index (Phi) is 48.4. The maximum atomic E-state index is 12.8. The zero-order valence-electron chi connectivity index (χ0n) is 44.9. The van der Waals surface area contributed by atoms with Crippen LogP contribution in [0.15, 0.2) is 24.3 Å². The van der Waals surface area contributed by atoms with E-state index in [1.54, 1.807) is 0 Å². The van der Waals surface area contributed by atoms with Crippen LogP contribution >= 0.6 is 7.82 Å². The van der Waals surface area contributed by atoms with Gasteiger partial charge in [-0.25, -0.2) is 0 Å². The molecule has 0 aliphatic carbocycles. The third kappa shape index (κ3) is 53.7. The molecule has 0 heterocycles. The lowest BCUT2D eigenvalue weighted by Gasteiger charge is -2.28. The fourth-order valence-electron chi connectivity index (χ4n) is 8.24. The number of rotatable bonds is 53. The van der Waals surface area contributed by atoms with Crippen molar-refractivity contribution in [2.45, 2.75) is 283 Å². The monoisotopic (exact) mass is 968 g/mol. The van der Waals surface area contributed by atoms with Gasteiger partial charge in [-0.15, -0.1) is 0 Å². The van der Waals surface area contributed by atoms with E-state index in [-0.39, 0.29) is 32.0 Å². The smallest absolute Gasteiger partial charge is 0.306 e. The van der Waals surface area contributed by atoms with E-state index in [1.807, 2.05) is 21.1 Å². The Bertz CT molecular complexity index is 1190. The Labute approximate surface area is 415 Å². The van der Waals surface area contributed by atoms with Gasteiger partial charge < -0.3 is 27.9 Å². The maximum Gasteiger partial charge on any atom is 0.306 e. The Morgan fingerprint density at radius 1 is 0.448 bits per heavy atom. The molecule has 9 nitrogen and oxygen atoms in total. The van der Waals surface area contributed by atoms with Crippen LogP contribution in [0.1, 0.15) is 277 Å². The maximum absolute atomic E-state index is 12.8. The number of carbonyl (C=O) groups excluding carboxylic acids is 2. The Morgan fingerprint density at radius 3 is 1.13 bits per heavy atom. The number of ether oxygens (including phenoxy) is 2. The topological polar surface area (TPSA) is 111 Å². The first-order valence-electron chi connectivity index (χ1n) is 28.5. The first kappa shape index (κ1) is 65.5. The first-order chi connectivity index (χ1) is 32.5. The minimum absolute atomic E-state index is 0.0297. The third-order valence-corrected chi connectivity index (χ3v) is 13.7. The van der Waals surface area contributed by atoms with Crippen molar-refractivity contribution >= 4 is 19.8 Å². The Balaban J connectivity index is 3.99. The molecule has 0 aromatic carbocycles. The van der Waals surface area contributed by atoms with Crippen molar-refractivity contribution in [2.24, 2.45) is 0 Å². The van der Waals surface area contributed by atoms with Crippen LogP contribution in [0, 0.1) is 0 Å². The fraction of sp³-hybridized carbons (Fsp3) is 0.895. The van der Waals surface area contributed by atoms with E-state index in [0.717, 1.165) is 51.4 Å². The van der Waals surface area contributed by atoms with Gasteiger partial charge in [0.25, 0.3) is 7.82 Å². The summed E-state index contributed by atoms with van der Waals surface area (Å²) in [7, 11) is 1.17. The summed E-state index contributed by atoms with van der Waals surface area (Å²) in [6.45, 7) is 4.23. The van der Waals surface area contributed by atoms with Gasteiger partial charge in [0.1, 0.15) is 19.8 Å².